The zero-order valence-corrected chi connectivity index (χ0v) is 15.7. The Kier molecular flexibility index (Phi) is 5.38. The number of carbonyl (C=O) groups excluding carboxylic acids is 1. The Balaban J connectivity index is 1.36. The topological polar surface area (TPSA) is 52.6 Å². The quantitative estimate of drug-likeness (QED) is 0.848. The second-order valence-electron chi connectivity index (χ2n) is 7.48. The highest BCUT2D eigenvalue weighted by molar-refractivity contribution is 7.12. The highest BCUT2D eigenvalue weighted by Gasteiger charge is 2.36. The number of amides is 1. The predicted octanol–water partition coefficient (Wildman–Crippen LogP) is 3.45. The van der Waals surface area contributed by atoms with Crippen LogP contribution in [0.15, 0.2) is 47.8 Å². The van der Waals surface area contributed by atoms with Gasteiger partial charge in [-0.05, 0) is 48.6 Å². The number of benzene rings is 1. The van der Waals surface area contributed by atoms with Crippen LogP contribution in [-0.2, 0) is 0 Å². The van der Waals surface area contributed by atoms with Crippen LogP contribution in [0.3, 0.4) is 0 Å². The van der Waals surface area contributed by atoms with Crippen LogP contribution >= 0.6 is 11.3 Å². The second kappa shape index (κ2) is 7.91. The van der Waals surface area contributed by atoms with Gasteiger partial charge in [0, 0.05) is 25.2 Å². The molecule has 1 saturated carbocycles. The molecule has 138 valence electrons. The van der Waals surface area contributed by atoms with E-state index in [9.17, 15) is 9.90 Å². The Hall–Kier alpha value is -1.69. The van der Waals surface area contributed by atoms with Gasteiger partial charge in [0.15, 0.2) is 0 Å². The van der Waals surface area contributed by atoms with Crippen molar-refractivity contribution in [1.29, 1.82) is 0 Å². The molecule has 2 heterocycles. The van der Waals surface area contributed by atoms with Gasteiger partial charge in [0.1, 0.15) is 0 Å². The van der Waals surface area contributed by atoms with E-state index >= 15 is 0 Å². The van der Waals surface area contributed by atoms with Crippen molar-refractivity contribution in [3.05, 3.63) is 58.3 Å². The van der Waals surface area contributed by atoms with Crippen molar-refractivity contribution in [3.8, 4) is 0 Å². The van der Waals surface area contributed by atoms with Crippen molar-refractivity contribution in [2.75, 3.05) is 13.1 Å². The molecule has 1 aromatic carbocycles. The van der Waals surface area contributed by atoms with Crippen molar-refractivity contribution >= 4 is 17.2 Å². The number of hydrogen-bond donors (Lipinski definition) is 2. The minimum absolute atomic E-state index is 0.140. The van der Waals surface area contributed by atoms with Gasteiger partial charge in [-0.25, -0.2) is 0 Å². The van der Waals surface area contributed by atoms with Gasteiger partial charge in [0.2, 0.25) is 0 Å². The second-order valence-corrected chi connectivity index (χ2v) is 8.43. The lowest BCUT2D eigenvalue weighted by Crippen LogP contribution is -2.48. The number of rotatable bonds is 5. The van der Waals surface area contributed by atoms with E-state index in [1.807, 2.05) is 28.5 Å². The van der Waals surface area contributed by atoms with Gasteiger partial charge in [-0.1, -0.05) is 36.4 Å². The lowest BCUT2D eigenvalue weighted by Gasteiger charge is -2.42. The first kappa shape index (κ1) is 17.7. The zero-order chi connectivity index (χ0) is 17.9. The van der Waals surface area contributed by atoms with E-state index in [1.54, 1.807) is 0 Å². The Labute approximate surface area is 158 Å². The van der Waals surface area contributed by atoms with Gasteiger partial charge in [-0.2, -0.15) is 0 Å². The van der Waals surface area contributed by atoms with Crippen LogP contribution in [0.1, 0.15) is 47.0 Å². The molecule has 1 saturated heterocycles. The SMILES string of the molecule is O=C(c1cccs1)N1CCC(NC(c2ccccc2)C2CC(O)C2)CC1. The van der Waals surface area contributed by atoms with Crippen LogP contribution in [0.5, 0.6) is 0 Å². The zero-order valence-electron chi connectivity index (χ0n) is 14.9. The van der Waals surface area contributed by atoms with E-state index < -0.39 is 0 Å². The molecule has 1 atom stereocenters. The van der Waals surface area contributed by atoms with Crippen molar-refractivity contribution < 1.29 is 9.90 Å². The summed E-state index contributed by atoms with van der Waals surface area (Å²) >= 11 is 1.52. The average molecular weight is 371 g/mol. The van der Waals surface area contributed by atoms with E-state index in [2.05, 4.69) is 29.6 Å². The van der Waals surface area contributed by atoms with Gasteiger partial charge in [-0.15, -0.1) is 11.3 Å². The molecule has 4 rings (SSSR count). The third-order valence-electron chi connectivity index (χ3n) is 5.71. The molecule has 2 aromatic rings. The van der Waals surface area contributed by atoms with Gasteiger partial charge in [0.05, 0.1) is 11.0 Å². The smallest absolute Gasteiger partial charge is 0.263 e. The molecule has 4 nitrogen and oxygen atoms in total. The number of aliphatic hydroxyl groups excluding tert-OH is 1. The maximum absolute atomic E-state index is 12.5. The first-order valence-corrected chi connectivity index (χ1v) is 10.4. The Morgan fingerprint density at radius 2 is 1.85 bits per heavy atom. The van der Waals surface area contributed by atoms with Crippen LogP contribution in [0.25, 0.3) is 0 Å². The van der Waals surface area contributed by atoms with E-state index in [4.69, 9.17) is 0 Å². The van der Waals surface area contributed by atoms with Crippen molar-refractivity contribution in [1.82, 2.24) is 10.2 Å². The summed E-state index contributed by atoms with van der Waals surface area (Å²) < 4.78 is 0. The molecule has 2 N–H and O–H groups in total. The highest BCUT2D eigenvalue weighted by Crippen LogP contribution is 2.38. The Morgan fingerprint density at radius 3 is 2.46 bits per heavy atom. The lowest BCUT2D eigenvalue weighted by atomic mass is 9.74. The number of nitrogens with one attached hydrogen (secondary N) is 1. The minimum atomic E-state index is -0.140. The van der Waals surface area contributed by atoms with Crippen molar-refractivity contribution in [2.45, 2.75) is 43.9 Å². The van der Waals surface area contributed by atoms with Crippen molar-refractivity contribution in [2.24, 2.45) is 5.92 Å². The molecule has 1 aromatic heterocycles. The van der Waals surface area contributed by atoms with E-state index in [1.165, 1.54) is 16.9 Å². The normalized spacial score (nSPS) is 24.9. The molecule has 2 fully saturated rings. The molecule has 1 aliphatic carbocycles. The fourth-order valence-corrected chi connectivity index (χ4v) is 4.82. The van der Waals surface area contributed by atoms with Crippen LogP contribution in [-0.4, -0.2) is 41.1 Å². The Morgan fingerprint density at radius 1 is 1.12 bits per heavy atom. The molecule has 26 heavy (non-hydrogen) atoms. The third-order valence-corrected chi connectivity index (χ3v) is 6.57. The van der Waals surface area contributed by atoms with Gasteiger partial charge in [0.25, 0.3) is 5.91 Å². The highest BCUT2D eigenvalue weighted by atomic mass is 32.1. The molecule has 1 unspecified atom stereocenters. The fourth-order valence-electron chi connectivity index (χ4n) is 4.13. The van der Waals surface area contributed by atoms with Crippen LogP contribution in [0.4, 0.5) is 0 Å². The number of carbonyl (C=O) groups is 1. The van der Waals surface area contributed by atoms with Crippen LogP contribution < -0.4 is 5.32 Å². The van der Waals surface area contributed by atoms with Gasteiger partial charge >= 0.3 is 0 Å². The molecule has 1 amide bonds. The maximum Gasteiger partial charge on any atom is 0.263 e. The number of thiophene rings is 1. The van der Waals surface area contributed by atoms with Crippen LogP contribution in [0.2, 0.25) is 0 Å². The number of aliphatic hydroxyl groups is 1. The fraction of sp³-hybridized carbons (Fsp3) is 0.476. The van der Waals surface area contributed by atoms with Gasteiger partial charge < -0.3 is 15.3 Å². The molecule has 1 aliphatic heterocycles. The van der Waals surface area contributed by atoms with E-state index in [-0.39, 0.29) is 12.0 Å². The summed E-state index contributed by atoms with van der Waals surface area (Å²) in [6.07, 6.45) is 3.58. The molecule has 0 spiro atoms. The number of likely N-dealkylation sites (tertiary alicyclic amines) is 1. The summed E-state index contributed by atoms with van der Waals surface area (Å²) in [5.74, 6) is 0.665. The molecular weight excluding hydrogens is 344 g/mol. The average Bonchev–Trinajstić information content (AvgIpc) is 3.19. The van der Waals surface area contributed by atoms with Crippen LogP contribution in [0, 0.1) is 5.92 Å². The molecule has 2 aliphatic rings. The number of nitrogens with zero attached hydrogens (tertiary/aromatic N) is 1. The number of piperidine rings is 1. The van der Waals surface area contributed by atoms with E-state index in [0.717, 1.165) is 43.6 Å². The Bertz CT molecular complexity index is 705. The van der Waals surface area contributed by atoms with Gasteiger partial charge in [-0.3, -0.25) is 4.79 Å². The summed E-state index contributed by atoms with van der Waals surface area (Å²) in [5.41, 5.74) is 1.31. The summed E-state index contributed by atoms with van der Waals surface area (Å²) in [4.78, 5) is 15.3. The first-order valence-electron chi connectivity index (χ1n) is 9.52. The standard InChI is InChI=1S/C21H26N2O2S/c24-18-13-16(14-18)20(15-5-2-1-3-6-15)22-17-8-10-23(11-9-17)21(25)19-7-4-12-26-19/h1-7,12,16-18,20,22,24H,8-11,13-14H2. The molecule has 0 radical (unpaired) electrons. The third kappa shape index (κ3) is 3.85. The minimum Gasteiger partial charge on any atom is -0.393 e. The number of hydrogen-bond acceptors (Lipinski definition) is 4. The molecular formula is C21H26N2O2S. The summed E-state index contributed by atoms with van der Waals surface area (Å²) in [6.45, 7) is 1.62. The van der Waals surface area contributed by atoms with E-state index in [0.29, 0.717) is 18.0 Å². The summed E-state index contributed by atoms with van der Waals surface area (Å²) in [5, 5.41) is 15.5. The first-order chi connectivity index (χ1) is 12.7. The summed E-state index contributed by atoms with van der Waals surface area (Å²) in [6, 6.07) is 15.1. The molecule has 5 heteroatoms. The lowest BCUT2D eigenvalue weighted by molar-refractivity contribution is 0.0196. The largest absolute Gasteiger partial charge is 0.393 e. The van der Waals surface area contributed by atoms with Crippen molar-refractivity contribution in [3.63, 3.8) is 0 Å². The molecule has 0 bridgehead atoms. The maximum atomic E-state index is 12.5. The predicted molar refractivity (Wildman–Crippen MR) is 104 cm³/mol. The summed E-state index contributed by atoms with van der Waals surface area (Å²) in [7, 11) is 0. The monoisotopic (exact) mass is 370 g/mol.